The Morgan fingerprint density at radius 3 is 2.45 bits per heavy atom. The van der Waals surface area contributed by atoms with Crippen LogP contribution in [-0.4, -0.2) is 34.3 Å². The number of nitrogens with two attached hydrogens (primary N) is 1. The smallest absolute Gasteiger partial charge is 0.234 e. The maximum Gasteiger partial charge on any atom is 0.234 e. The van der Waals surface area contributed by atoms with Crippen molar-refractivity contribution < 1.29 is 9.53 Å². The van der Waals surface area contributed by atoms with Crippen molar-refractivity contribution in [3.05, 3.63) is 77.4 Å². The quantitative estimate of drug-likeness (QED) is 0.581. The van der Waals surface area contributed by atoms with E-state index in [9.17, 15) is 4.79 Å². The summed E-state index contributed by atoms with van der Waals surface area (Å²) in [5.74, 6) is 2.19. The van der Waals surface area contributed by atoms with Crippen LogP contribution in [-0.2, 0) is 24.2 Å². The van der Waals surface area contributed by atoms with Crippen molar-refractivity contribution in [1.29, 1.82) is 0 Å². The molecule has 3 aromatic rings. The lowest BCUT2D eigenvalue weighted by Gasteiger charge is -2.16. The first-order chi connectivity index (χ1) is 14.1. The molecule has 0 bridgehead atoms. The van der Waals surface area contributed by atoms with Crippen LogP contribution < -0.4 is 15.8 Å². The van der Waals surface area contributed by atoms with Gasteiger partial charge in [-0.3, -0.25) is 4.79 Å². The second kappa shape index (κ2) is 9.84. The van der Waals surface area contributed by atoms with Gasteiger partial charge in [0.15, 0.2) is 5.82 Å². The van der Waals surface area contributed by atoms with Crippen molar-refractivity contribution >= 4 is 5.91 Å². The summed E-state index contributed by atoms with van der Waals surface area (Å²) >= 11 is 0. The molecule has 2 aromatic carbocycles. The number of hydrogen-bond acceptors (Lipinski definition) is 5. The van der Waals surface area contributed by atoms with Crippen molar-refractivity contribution in [3.8, 4) is 5.75 Å². The lowest BCUT2D eigenvalue weighted by atomic mass is 10.1. The molecule has 0 aliphatic carbocycles. The molecule has 0 unspecified atom stereocenters. The highest BCUT2D eigenvalue weighted by atomic mass is 16.5. The van der Waals surface area contributed by atoms with Crippen LogP contribution in [0.3, 0.4) is 0 Å². The van der Waals surface area contributed by atoms with Gasteiger partial charge in [-0.2, -0.15) is 0 Å². The van der Waals surface area contributed by atoms with E-state index in [1.807, 2.05) is 49.4 Å². The molecule has 152 valence electrons. The van der Waals surface area contributed by atoms with Gasteiger partial charge in [0, 0.05) is 6.42 Å². The fraction of sp³-hybridized carbons (Fsp3) is 0.318. The van der Waals surface area contributed by atoms with Gasteiger partial charge in [0.2, 0.25) is 5.91 Å². The largest absolute Gasteiger partial charge is 0.497 e. The van der Waals surface area contributed by atoms with E-state index in [4.69, 9.17) is 10.5 Å². The molecule has 1 heterocycles. The Bertz CT molecular complexity index is 922. The molecule has 7 heteroatoms. The second-order valence-corrected chi connectivity index (χ2v) is 6.89. The molecule has 29 heavy (non-hydrogen) atoms. The van der Waals surface area contributed by atoms with Crippen molar-refractivity contribution in [2.75, 3.05) is 13.7 Å². The van der Waals surface area contributed by atoms with Crippen LogP contribution in [0.5, 0.6) is 5.75 Å². The van der Waals surface area contributed by atoms with E-state index < -0.39 is 0 Å². The number of benzene rings is 2. The van der Waals surface area contributed by atoms with E-state index in [1.165, 1.54) is 5.56 Å². The highest BCUT2D eigenvalue weighted by Gasteiger charge is 2.19. The molecule has 0 saturated heterocycles. The molecule has 1 amide bonds. The second-order valence-electron chi connectivity index (χ2n) is 6.89. The third kappa shape index (κ3) is 5.42. The monoisotopic (exact) mass is 393 g/mol. The van der Waals surface area contributed by atoms with E-state index in [2.05, 4.69) is 32.2 Å². The lowest BCUT2D eigenvalue weighted by Crippen LogP contribution is -2.33. The maximum absolute atomic E-state index is 11.7. The van der Waals surface area contributed by atoms with Gasteiger partial charge in [0.25, 0.3) is 0 Å². The van der Waals surface area contributed by atoms with E-state index in [-0.39, 0.29) is 18.5 Å². The maximum atomic E-state index is 11.7. The molecule has 0 aliphatic heterocycles. The Balaban J connectivity index is 1.85. The lowest BCUT2D eigenvalue weighted by molar-refractivity contribution is -0.120. The number of ether oxygens (including phenoxy) is 1. The number of nitrogens with zero attached hydrogens (tertiary/aromatic N) is 3. The number of methoxy groups -OCH3 is 1. The van der Waals surface area contributed by atoms with Crippen LogP contribution in [0.15, 0.2) is 54.6 Å². The van der Waals surface area contributed by atoms with Gasteiger partial charge >= 0.3 is 0 Å². The molecule has 0 saturated carbocycles. The van der Waals surface area contributed by atoms with Crippen LogP contribution in [0.4, 0.5) is 0 Å². The summed E-state index contributed by atoms with van der Waals surface area (Å²) in [5.41, 5.74) is 7.79. The molecule has 1 atom stereocenters. The van der Waals surface area contributed by atoms with Gasteiger partial charge < -0.3 is 20.4 Å². The van der Waals surface area contributed by atoms with Gasteiger partial charge in [-0.15, -0.1) is 10.2 Å². The summed E-state index contributed by atoms with van der Waals surface area (Å²) < 4.78 is 7.32. The van der Waals surface area contributed by atoms with Gasteiger partial charge in [-0.05, 0) is 36.6 Å². The van der Waals surface area contributed by atoms with E-state index >= 15 is 0 Å². The number of rotatable bonds is 9. The molecule has 0 fully saturated rings. The van der Waals surface area contributed by atoms with Crippen LogP contribution in [0, 0.1) is 0 Å². The molecular formula is C22H27N5O2. The van der Waals surface area contributed by atoms with E-state index in [0.717, 1.165) is 30.0 Å². The fourth-order valence-electron chi connectivity index (χ4n) is 3.21. The summed E-state index contributed by atoms with van der Waals surface area (Å²) in [6, 6.07) is 17.9. The summed E-state index contributed by atoms with van der Waals surface area (Å²) in [5, 5.41) is 11.7. The fourth-order valence-corrected chi connectivity index (χ4v) is 3.21. The number of carbonyl (C=O) groups is 1. The predicted molar refractivity (Wildman–Crippen MR) is 112 cm³/mol. The third-order valence-electron chi connectivity index (χ3n) is 4.79. The van der Waals surface area contributed by atoms with Crippen molar-refractivity contribution in [2.45, 2.75) is 32.4 Å². The van der Waals surface area contributed by atoms with Crippen molar-refractivity contribution in [2.24, 2.45) is 5.73 Å². The Kier molecular flexibility index (Phi) is 6.97. The van der Waals surface area contributed by atoms with Gasteiger partial charge in [0.1, 0.15) is 11.6 Å². The first kappa shape index (κ1) is 20.5. The average molecular weight is 393 g/mol. The van der Waals surface area contributed by atoms with E-state index in [1.54, 1.807) is 7.11 Å². The Hall–Kier alpha value is -3.19. The number of aryl methyl sites for hydroxylation is 2. The average Bonchev–Trinajstić information content (AvgIpc) is 3.16. The van der Waals surface area contributed by atoms with E-state index in [0.29, 0.717) is 12.4 Å². The first-order valence-electron chi connectivity index (χ1n) is 9.69. The van der Waals surface area contributed by atoms with Crippen LogP contribution in [0.1, 0.15) is 35.7 Å². The van der Waals surface area contributed by atoms with Crippen LogP contribution >= 0.6 is 0 Å². The SMILES string of the molecule is COc1ccc(Cn2c(CCc3ccccc3)nnc2[C@@H](C)NC(=O)CN)cc1. The standard InChI is InChI=1S/C22H27N5O2/c1-16(24-21(28)14-23)22-26-25-20(13-10-17-6-4-3-5-7-17)27(22)15-18-8-11-19(29-2)12-9-18/h3-9,11-12,16H,10,13-15,23H2,1-2H3,(H,24,28)/t16-/m1/s1. The molecule has 1 aromatic heterocycles. The Labute approximate surface area is 170 Å². The number of carbonyl (C=O) groups excluding carboxylic acids is 1. The first-order valence-corrected chi connectivity index (χ1v) is 9.69. The molecule has 0 radical (unpaired) electrons. The van der Waals surface area contributed by atoms with Gasteiger partial charge in [0.05, 0.1) is 26.2 Å². The zero-order valence-electron chi connectivity index (χ0n) is 16.8. The molecule has 0 aliphatic rings. The topological polar surface area (TPSA) is 95.1 Å². The number of amides is 1. The molecule has 7 nitrogen and oxygen atoms in total. The predicted octanol–water partition coefficient (Wildman–Crippen LogP) is 2.26. The normalized spacial score (nSPS) is 11.8. The third-order valence-corrected chi connectivity index (χ3v) is 4.79. The van der Waals surface area contributed by atoms with Crippen LogP contribution in [0.25, 0.3) is 0 Å². The number of hydrogen-bond donors (Lipinski definition) is 2. The highest BCUT2D eigenvalue weighted by molar-refractivity contribution is 5.78. The minimum atomic E-state index is -0.290. The summed E-state index contributed by atoms with van der Waals surface area (Å²) in [7, 11) is 1.65. The van der Waals surface area contributed by atoms with Crippen molar-refractivity contribution in [1.82, 2.24) is 20.1 Å². The number of aromatic nitrogens is 3. The minimum Gasteiger partial charge on any atom is -0.497 e. The van der Waals surface area contributed by atoms with Gasteiger partial charge in [-0.1, -0.05) is 42.5 Å². The Morgan fingerprint density at radius 1 is 1.07 bits per heavy atom. The minimum absolute atomic E-state index is 0.0577. The zero-order valence-corrected chi connectivity index (χ0v) is 16.8. The highest BCUT2D eigenvalue weighted by Crippen LogP contribution is 2.18. The molecule has 0 spiro atoms. The molecular weight excluding hydrogens is 366 g/mol. The number of nitrogens with one attached hydrogen (secondary N) is 1. The molecule has 3 rings (SSSR count). The molecule has 3 N–H and O–H groups in total. The van der Waals surface area contributed by atoms with Gasteiger partial charge in [-0.25, -0.2) is 0 Å². The van der Waals surface area contributed by atoms with Crippen molar-refractivity contribution in [3.63, 3.8) is 0 Å². The summed E-state index contributed by atoms with van der Waals surface area (Å²) in [6.07, 6.45) is 1.62. The summed E-state index contributed by atoms with van der Waals surface area (Å²) in [6.45, 7) is 2.44. The zero-order chi connectivity index (χ0) is 20.6. The summed E-state index contributed by atoms with van der Waals surface area (Å²) in [4.78, 5) is 11.7. The Morgan fingerprint density at radius 2 is 1.79 bits per heavy atom. The van der Waals surface area contributed by atoms with Crippen LogP contribution in [0.2, 0.25) is 0 Å².